The van der Waals surface area contributed by atoms with E-state index in [1.54, 1.807) is 12.2 Å². The zero-order valence-electron chi connectivity index (χ0n) is 8.55. The second kappa shape index (κ2) is 4.41. The Morgan fingerprint density at radius 3 is 2.19 bits per heavy atom. The number of ketones is 1. The summed E-state index contributed by atoms with van der Waals surface area (Å²) in [7, 11) is 0. The quantitative estimate of drug-likeness (QED) is 0.664. The third-order valence-electron chi connectivity index (χ3n) is 2.32. The molecule has 1 aromatic rings. The van der Waals surface area contributed by atoms with Crippen molar-refractivity contribution in [3.8, 4) is 6.07 Å². The molecule has 0 aromatic heterocycles. The average Bonchev–Trinajstić information content (AvgIpc) is 2.34. The zero-order chi connectivity index (χ0) is 11.4. The van der Waals surface area contributed by atoms with Crippen molar-refractivity contribution in [1.82, 2.24) is 0 Å². The van der Waals surface area contributed by atoms with E-state index < -0.39 is 0 Å². The van der Waals surface area contributed by atoms with E-state index in [1.807, 2.05) is 30.3 Å². The van der Waals surface area contributed by atoms with Crippen molar-refractivity contribution in [2.75, 3.05) is 0 Å². The molecule has 2 rings (SSSR count). The van der Waals surface area contributed by atoms with Gasteiger partial charge in [-0.05, 0) is 35.4 Å². The number of hydrogen-bond donors (Lipinski definition) is 0. The van der Waals surface area contributed by atoms with Gasteiger partial charge in [0.2, 0.25) is 0 Å². The smallest absolute Gasteiger partial charge is 0.178 e. The molecule has 0 heterocycles. The number of carbonyl (C=O) groups excluding carboxylic acids is 1. The van der Waals surface area contributed by atoms with Gasteiger partial charge < -0.3 is 0 Å². The van der Waals surface area contributed by atoms with Gasteiger partial charge in [0, 0.05) is 0 Å². The van der Waals surface area contributed by atoms with Gasteiger partial charge >= 0.3 is 0 Å². The number of rotatable bonds is 1. The van der Waals surface area contributed by atoms with Crippen LogP contribution < -0.4 is 0 Å². The Bertz CT molecular complexity index is 524. The van der Waals surface area contributed by atoms with Crippen LogP contribution in [-0.4, -0.2) is 5.78 Å². The molecule has 0 fully saturated rings. The SMILES string of the molecule is N#CC(=C1C=CC(=O)C=C1)c1ccccc1. The molecule has 76 valence electrons. The van der Waals surface area contributed by atoms with E-state index in [-0.39, 0.29) is 5.78 Å². The number of nitriles is 1. The summed E-state index contributed by atoms with van der Waals surface area (Å²) in [4.78, 5) is 11.0. The summed E-state index contributed by atoms with van der Waals surface area (Å²) in [6.07, 6.45) is 6.28. The van der Waals surface area contributed by atoms with Crippen LogP contribution in [0.2, 0.25) is 0 Å². The van der Waals surface area contributed by atoms with Crippen molar-refractivity contribution in [3.05, 3.63) is 65.8 Å². The fraction of sp³-hybridized carbons (Fsp3) is 0. The highest BCUT2D eigenvalue weighted by Crippen LogP contribution is 2.21. The van der Waals surface area contributed by atoms with E-state index >= 15 is 0 Å². The number of allylic oxidation sites excluding steroid dienone is 6. The van der Waals surface area contributed by atoms with Gasteiger partial charge in [-0.1, -0.05) is 30.3 Å². The molecule has 0 atom stereocenters. The average molecular weight is 207 g/mol. The zero-order valence-corrected chi connectivity index (χ0v) is 8.55. The minimum absolute atomic E-state index is 0.0471. The predicted molar refractivity (Wildman–Crippen MR) is 62.3 cm³/mol. The summed E-state index contributed by atoms with van der Waals surface area (Å²) in [5, 5.41) is 9.14. The van der Waals surface area contributed by atoms with Crippen molar-refractivity contribution < 1.29 is 4.79 Å². The van der Waals surface area contributed by atoms with Gasteiger partial charge in [0.15, 0.2) is 5.78 Å². The minimum Gasteiger partial charge on any atom is -0.290 e. The van der Waals surface area contributed by atoms with E-state index in [4.69, 9.17) is 5.26 Å². The summed E-state index contributed by atoms with van der Waals surface area (Å²) < 4.78 is 0. The molecule has 2 nitrogen and oxygen atoms in total. The molecule has 0 radical (unpaired) electrons. The van der Waals surface area contributed by atoms with Gasteiger partial charge in [-0.3, -0.25) is 4.79 Å². The summed E-state index contributed by atoms with van der Waals surface area (Å²) in [6.45, 7) is 0. The second-order valence-electron chi connectivity index (χ2n) is 3.38. The fourth-order valence-electron chi connectivity index (χ4n) is 1.52. The normalized spacial score (nSPS) is 13.7. The Morgan fingerprint density at radius 1 is 1.00 bits per heavy atom. The number of carbonyl (C=O) groups is 1. The summed E-state index contributed by atoms with van der Waals surface area (Å²) in [5.41, 5.74) is 2.22. The van der Waals surface area contributed by atoms with E-state index in [0.717, 1.165) is 11.1 Å². The van der Waals surface area contributed by atoms with Crippen LogP contribution in [0.3, 0.4) is 0 Å². The summed E-state index contributed by atoms with van der Waals surface area (Å²) in [6, 6.07) is 11.6. The number of benzene rings is 1. The van der Waals surface area contributed by atoms with Crippen LogP contribution in [0.15, 0.2) is 60.2 Å². The Kier molecular flexibility index (Phi) is 2.79. The molecule has 0 amide bonds. The van der Waals surface area contributed by atoms with Gasteiger partial charge in [0.1, 0.15) is 6.07 Å². The van der Waals surface area contributed by atoms with Crippen LogP contribution in [-0.2, 0) is 4.79 Å². The Hall–Kier alpha value is -2.40. The highest BCUT2D eigenvalue weighted by atomic mass is 16.1. The number of nitrogens with zero attached hydrogens (tertiary/aromatic N) is 1. The summed E-state index contributed by atoms with van der Waals surface area (Å²) in [5.74, 6) is -0.0471. The minimum atomic E-state index is -0.0471. The molecule has 0 unspecified atom stereocenters. The van der Waals surface area contributed by atoms with Crippen molar-refractivity contribution >= 4 is 11.4 Å². The van der Waals surface area contributed by atoms with Crippen LogP contribution in [0.5, 0.6) is 0 Å². The van der Waals surface area contributed by atoms with E-state index in [1.165, 1.54) is 12.2 Å². The van der Waals surface area contributed by atoms with E-state index in [0.29, 0.717) is 5.57 Å². The maximum atomic E-state index is 11.0. The van der Waals surface area contributed by atoms with Crippen LogP contribution in [0.4, 0.5) is 0 Å². The first-order valence-corrected chi connectivity index (χ1v) is 4.91. The monoisotopic (exact) mass is 207 g/mol. The van der Waals surface area contributed by atoms with Crippen LogP contribution in [0, 0.1) is 11.3 Å². The fourth-order valence-corrected chi connectivity index (χ4v) is 1.52. The molecule has 0 saturated heterocycles. The highest BCUT2D eigenvalue weighted by molar-refractivity contribution is 6.02. The molecule has 1 aliphatic carbocycles. The van der Waals surface area contributed by atoms with Crippen LogP contribution in [0.1, 0.15) is 5.56 Å². The molecule has 0 saturated carbocycles. The standard InChI is InChI=1S/C14H9NO/c15-10-14(11-4-2-1-3-5-11)12-6-8-13(16)9-7-12/h1-9H. The van der Waals surface area contributed by atoms with Crippen molar-refractivity contribution in [3.63, 3.8) is 0 Å². The molecule has 0 bridgehead atoms. The van der Waals surface area contributed by atoms with Gasteiger partial charge in [-0.2, -0.15) is 5.26 Å². The van der Waals surface area contributed by atoms with Gasteiger partial charge in [0.05, 0.1) is 5.57 Å². The molecule has 0 aliphatic heterocycles. The lowest BCUT2D eigenvalue weighted by atomic mass is 9.98. The summed E-state index contributed by atoms with van der Waals surface area (Å²) >= 11 is 0. The van der Waals surface area contributed by atoms with Crippen molar-refractivity contribution in [1.29, 1.82) is 5.26 Å². The third kappa shape index (κ3) is 1.99. The third-order valence-corrected chi connectivity index (χ3v) is 2.32. The molecule has 2 heteroatoms. The molecule has 16 heavy (non-hydrogen) atoms. The molecular formula is C14H9NO. The first-order valence-electron chi connectivity index (χ1n) is 4.91. The molecular weight excluding hydrogens is 198 g/mol. The van der Waals surface area contributed by atoms with Gasteiger partial charge in [-0.15, -0.1) is 0 Å². The lowest BCUT2D eigenvalue weighted by Gasteiger charge is -2.04. The molecule has 1 aromatic carbocycles. The van der Waals surface area contributed by atoms with Crippen LogP contribution in [0.25, 0.3) is 5.57 Å². The lowest BCUT2D eigenvalue weighted by molar-refractivity contribution is -0.110. The maximum absolute atomic E-state index is 11.0. The lowest BCUT2D eigenvalue weighted by Crippen LogP contribution is -1.94. The Balaban J connectivity index is 2.49. The molecule has 0 spiro atoms. The molecule has 1 aliphatic rings. The molecule has 0 N–H and O–H groups in total. The first-order chi connectivity index (χ1) is 7.81. The predicted octanol–water partition coefficient (Wildman–Crippen LogP) is 2.66. The Morgan fingerprint density at radius 2 is 1.62 bits per heavy atom. The second-order valence-corrected chi connectivity index (χ2v) is 3.38. The van der Waals surface area contributed by atoms with Crippen LogP contribution >= 0.6 is 0 Å². The maximum Gasteiger partial charge on any atom is 0.178 e. The topological polar surface area (TPSA) is 40.9 Å². The van der Waals surface area contributed by atoms with E-state index in [9.17, 15) is 4.79 Å². The highest BCUT2D eigenvalue weighted by Gasteiger charge is 2.07. The van der Waals surface area contributed by atoms with Crippen molar-refractivity contribution in [2.24, 2.45) is 0 Å². The van der Waals surface area contributed by atoms with Crippen molar-refractivity contribution in [2.45, 2.75) is 0 Å². The van der Waals surface area contributed by atoms with E-state index in [2.05, 4.69) is 6.07 Å². The van der Waals surface area contributed by atoms with Gasteiger partial charge in [-0.25, -0.2) is 0 Å². The van der Waals surface area contributed by atoms with Gasteiger partial charge in [0.25, 0.3) is 0 Å². The Labute approximate surface area is 93.8 Å². The first kappa shape index (κ1) is 10.1. The largest absolute Gasteiger partial charge is 0.290 e. The number of hydrogen-bond acceptors (Lipinski definition) is 2.